The van der Waals surface area contributed by atoms with Gasteiger partial charge in [-0.15, -0.1) is 11.3 Å². The first-order valence-electron chi connectivity index (χ1n) is 5.90. The molecule has 0 aliphatic rings. The predicted molar refractivity (Wildman–Crippen MR) is 74.5 cm³/mol. The van der Waals surface area contributed by atoms with Crippen LogP contribution in [0.1, 0.15) is 26.4 Å². The molecule has 2 rings (SSSR count). The molecule has 3 N–H and O–H groups in total. The number of aryl methyl sites for hydroxylation is 1. The van der Waals surface area contributed by atoms with Gasteiger partial charge in [0.15, 0.2) is 0 Å². The average Bonchev–Trinajstić information content (AvgIpc) is 2.77. The average molecular weight is 278 g/mol. The third-order valence-corrected chi connectivity index (χ3v) is 3.92. The third-order valence-electron chi connectivity index (χ3n) is 2.90. The number of carbonyl (C=O) groups excluding carboxylic acids is 1. The van der Waals surface area contributed by atoms with E-state index in [0.717, 1.165) is 0 Å². The quantitative estimate of drug-likeness (QED) is 0.883. The molecule has 1 aromatic heterocycles. The topological polar surface area (TPSA) is 55.1 Å². The van der Waals surface area contributed by atoms with Crippen molar-refractivity contribution in [1.82, 2.24) is 5.32 Å². The van der Waals surface area contributed by atoms with Crippen LogP contribution in [0.5, 0.6) is 0 Å². The normalized spacial score (nSPS) is 10.6. The van der Waals surface area contributed by atoms with Gasteiger partial charge in [0.1, 0.15) is 5.82 Å². The highest BCUT2D eigenvalue weighted by Gasteiger charge is 2.07. The van der Waals surface area contributed by atoms with Crippen molar-refractivity contribution in [3.63, 3.8) is 0 Å². The van der Waals surface area contributed by atoms with Crippen LogP contribution in [-0.2, 0) is 13.1 Å². The van der Waals surface area contributed by atoms with Gasteiger partial charge in [0.2, 0.25) is 5.91 Å². The molecule has 0 aliphatic carbocycles. The Kier molecular flexibility index (Phi) is 4.29. The van der Waals surface area contributed by atoms with Crippen molar-refractivity contribution in [1.29, 1.82) is 0 Å². The van der Waals surface area contributed by atoms with E-state index in [-0.39, 0.29) is 5.82 Å². The van der Waals surface area contributed by atoms with Gasteiger partial charge >= 0.3 is 0 Å². The maximum absolute atomic E-state index is 13.6. The second-order valence-electron chi connectivity index (χ2n) is 4.30. The highest BCUT2D eigenvalue weighted by Crippen LogP contribution is 2.16. The molecular formula is C14H15FN2OS. The van der Waals surface area contributed by atoms with Gasteiger partial charge < -0.3 is 11.1 Å². The lowest BCUT2D eigenvalue weighted by atomic mass is 10.1. The van der Waals surface area contributed by atoms with Crippen molar-refractivity contribution in [3.8, 4) is 0 Å². The van der Waals surface area contributed by atoms with Crippen molar-refractivity contribution in [2.45, 2.75) is 20.0 Å². The number of carbonyl (C=O) groups is 1. The maximum Gasteiger partial charge on any atom is 0.248 e. The Morgan fingerprint density at radius 2 is 2.16 bits per heavy atom. The van der Waals surface area contributed by atoms with E-state index < -0.39 is 5.91 Å². The number of nitrogens with two attached hydrogens (primary N) is 1. The number of halogens is 1. The zero-order valence-electron chi connectivity index (χ0n) is 10.6. The lowest BCUT2D eigenvalue weighted by Crippen LogP contribution is -2.16. The second kappa shape index (κ2) is 5.95. The molecular weight excluding hydrogens is 263 g/mol. The molecule has 100 valence electrons. The van der Waals surface area contributed by atoms with Gasteiger partial charge in [-0.1, -0.05) is 0 Å². The monoisotopic (exact) mass is 278 g/mol. The van der Waals surface area contributed by atoms with Crippen molar-refractivity contribution < 1.29 is 9.18 Å². The Labute approximate surface area is 115 Å². The SMILES string of the molecule is Cc1ccsc1CNCc1cc(C(N)=O)ccc1F. The second-order valence-corrected chi connectivity index (χ2v) is 5.30. The number of thiophene rings is 1. The molecule has 0 saturated heterocycles. The fraction of sp³-hybridized carbons (Fsp3) is 0.214. The summed E-state index contributed by atoms with van der Waals surface area (Å²) >= 11 is 1.67. The number of benzene rings is 1. The molecule has 1 aromatic carbocycles. The van der Waals surface area contributed by atoms with Crippen molar-refractivity contribution >= 4 is 17.2 Å². The van der Waals surface area contributed by atoms with E-state index >= 15 is 0 Å². The van der Waals surface area contributed by atoms with Gasteiger partial charge in [0.25, 0.3) is 0 Å². The van der Waals surface area contributed by atoms with Crippen molar-refractivity contribution in [2.24, 2.45) is 5.73 Å². The summed E-state index contributed by atoms with van der Waals surface area (Å²) in [6, 6.07) is 6.21. The highest BCUT2D eigenvalue weighted by molar-refractivity contribution is 7.10. The summed E-state index contributed by atoms with van der Waals surface area (Å²) < 4.78 is 13.6. The zero-order valence-corrected chi connectivity index (χ0v) is 11.4. The number of amides is 1. The molecule has 0 atom stereocenters. The van der Waals surface area contributed by atoms with Crippen LogP contribution < -0.4 is 11.1 Å². The van der Waals surface area contributed by atoms with E-state index in [4.69, 9.17) is 5.73 Å². The van der Waals surface area contributed by atoms with Crippen LogP contribution in [-0.4, -0.2) is 5.91 Å². The van der Waals surface area contributed by atoms with Gasteiger partial charge in [0.05, 0.1) is 0 Å². The fourth-order valence-electron chi connectivity index (χ4n) is 1.76. The highest BCUT2D eigenvalue weighted by atomic mass is 32.1. The van der Waals surface area contributed by atoms with Gasteiger partial charge in [-0.3, -0.25) is 4.79 Å². The van der Waals surface area contributed by atoms with Crippen LogP contribution >= 0.6 is 11.3 Å². The summed E-state index contributed by atoms with van der Waals surface area (Å²) in [5.74, 6) is -0.879. The number of rotatable bonds is 5. The van der Waals surface area contributed by atoms with Crippen LogP contribution in [0.25, 0.3) is 0 Å². The van der Waals surface area contributed by atoms with E-state index in [1.807, 2.05) is 12.3 Å². The lowest BCUT2D eigenvalue weighted by Gasteiger charge is -2.07. The Hall–Kier alpha value is -1.72. The van der Waals surface area contributed by atoms with Crippen LogP contribution in [0, 0.1) is 12.7 Å². The number of primary amides is 1. The number of hydrogen-bond donors (Lipinski definition) is 2. The van der Waals surface area contributed by atoms with E-state index in [1.165, 1.54) is 28.6 Å². The van der Waals surface area contributed by atoms with Crippen LogP contribution in [0.3, 0.4) is 0 Å². The van der Waals surface area contributed by atoms with E-state index in [1.54, 1.807) is 11.3 Å². The molecule has 0 spiro atoms. The molecule has 1 heterocycles. The van der Waals surface area contributed by atoms with E-state index in [9.17, 15) is 9.18 Å². The first-order valence-corrected chi connectivity index (χ1v) is 6.78. The number of hydrogen-bond acceptors (Lipinski definition) is 3. The molecule has 0 fully saturated rings. The Bertz CT molecular complexity index is 595. The number of nitrogens with one attached hydrogen (secondary N) is 1. The summed E-state index contributed by atoms with van der Waals surface area (Å²) in [4.78, 5) is 12.3. The largest absolute Gasteiger partial charge is 0.366 e. The van der Waals surface area contributed by atoms with Gasteiger partial charge in [0, 0.05) is 29.1 Å². The smallest absolute Gasteiger partial charge is 0.248 e. The Morgan fingerprint density at radius 1 is 1.37 bits per heavy atom. The van der Waals surface area contributed by atoms with Crippen LogP contribution in [0.2, 0.25) is 0 Å². The molecule has 0 bridgehead atoms. The molecule has 0 radical (unpaired) electrons. The van der Waals surface area contributed by atoms with E-state index in [2.05, 4.69) is 11.4 Å². The summed E-state index contributed by atoms with van der Waals surface area (Å²) in [6.45, 7) is 3.09. The van der Waals surface area contributed by atoms with Crippen LogP contribution in [0.4, 0.5) is 4.39 Å². The minimum absolute atomic E-state index is 0.325. The Balaban J connectivity index is 2.01. The fourth-order valence-corrected chi connectivity index (χ4v) is 2.64. The molecule has 1 amide bonds. The van der Waals surface area contributed by atoms with Crippen molar-refractivity contribution in [2.75, 3.05) is 0 Å². The minimum atomic E-state index is -0.546. The molecule has 0 aliphatic heterocycles. The first-order chi connectivity index (χ1) is 9.08. The third kappa shape index (κ3) is 3.39. The molecule has 19 heavy (non-hydrogen) atoms. The van der Waals surface area contributed by atoms with Gasteiger partial charge in [-0.05, 0) is 42.1 Å². The summed E-state index contributed by atoms with van der Waals surface area (Å²) in [5.41, 5.74) is 7.18. The summed E-state index contributed by atoms with van der Waals surface area (Å²) in [7, 11) is 0. The maximum atomic E-state index is 13.6. The standard InChI is InChI=1S/C14H15FN2OS/c1-9-4-5-19-13(9)8-17-7-11-6-10(14(16)18)2-3-12(11)15/h2-6,17H,7-8H2,1H3,(H2,16,18). The van der Waals surface area contributed by atoms with E-state index in [0.29, 0.717) is 24.2 Å². The van der Waals surface area contributed by atoms with Gasteiger partial charge in [-0.25, -0.2) is 4.39 Å². The summed E-state index contributed by atoms with van der Waals surface area (Å²) in [6.07, 6.45) is 0. The van der Waals surface area contributed by atoms with Crippen LogP contribution in [0.15, 0.2) is 29.6 Å². The minimum Gasteiger partial charge on any atom is -0.366 e. The molecule has 5 heteroatoms. The molecule has 0 saturated carbocycles. The predicted octanol–water partition coefficient (Wildman–Crippen LogP) is 2.58. The molecule has 2 aromatic rings. The molecule has 3 nitrogen and oxygen atoms in total. The Morgan fingerprint density at radius 3 is 2.79 bits per heavy atom. The first kappa shape index (κ1) is 13.7. The van der Waals surface area contributed by atoms with Gasteiger partial charge in [-0.2, -0.15) is 0 Å². The zero-order chi connectivity index (χ0) is 13.8. The lowest BCUT2D eigenvalue weighted by molar-refractivity contribution is 0.1000. The summed E-state index contributed by atoms with van der Waals surface area (Å²) in [5, 5.41) is 5.20. The molecule has 0 unspecified atom stereocenters. The van der Waals surface area contributed by atoms with Crippen molar-refractivity contribution in [3.05, 3.63) is 57.0 Å².